The highest BCUT2D eigenvalue weighted by atomic mass is 32.1. The van der Waals surface area contributed by atoms with Gasteiger partial charge in [-0.3, -0.25) is 0 Å². The van der Waals surface area contributed by atoms with Crippen LogP contribution in [-0.2, 0) is 6.61 Å². The van der Waals surface area contributed by atoms with E-state index in [1.807, 2.05) is 19.1 Å². The summed E-state index contributed by atoms with van der Waals surface area (Å²) in [6.07, 6.45) is 0. The van der Waals surface area contributed by atoms with Crippen molar-refractivity contribution in [3.63, 3.8) is 0 Å². The molecule has 0 aliphatic rings. The van der Waals surface area contributed by atoms with E-state index in [-0.39, 0.29) is 0 Å². The number of hydrogen-bond acceptors (Lipinski definition) is 4. The third-order valence-electron chi connectivity index (χ3n) is 2.91. The van der Waals surface area contributed by atoms with Crippen LogP contribution in [0.5, 0.6) is 5.75 Å². The average Bonchev–Trinajstić information content (AvgIpc) is 2.72. The van der Waals surface area contributed by atoms with Crippen LogP contribution in [0.2, 0.25) is 0 Å². The van der Waals surface area contributed by atoms with Gasteiger partial charge in [0.15, 0.2) is 0 Å². The Bertz CT molecular complexity index is 620. The summed E-state index contributed by atoms with van der Waals surface area (Å²) in [5.74, 6) is 0.854. The van der Waals surface area contributed by atoms with Gasteiger partial charge in [-0.05, 0) is 44.0 Å². The molecule has 0 unspecified atom stereocenters. The van der Waals surface area contributed by atoms with Crippen LogP contribution in [0.3, 0.4) is 0 Å². The number of nitrogens with zero attached hydrogens (tertiary/aromatic N) is 1. The van der Waals surface area contributed by atoms with Crippen molar-refractivity contribution >= 4 is 28.5 Å². The van der Waals surface area contributed by atoms with Gasteiger partial charge < -0.3 is 10.5 Å². The minimum Gasteiger partial charge on any atom is -0.486 e. The quantitative estimate of drug-likeness (QED) is 0.879. The largest absolute Gasteiger partial charge is 0.486 e. The molecule has 1 aromatic carbocycles. The maximum atomic E-state index is 5.74. The minimum atomic E-state index is 0.396. The van der Waals surface area contributed by atoms with E-state index in [1.54, 1.807) is 0 Å². The first-order valence-corrected chi connectivity index (χ1v) is 7.16. The van der Waals surface area contributed by atoms with Crippen molar-refractivity contribution in [3.05, 3.63) is 44.9 Å². The normalized spacial score (nSPS) is 10.5. The van der Waals surface area contributed by atoms with Gasteiger partial charge >= 0.3 is 0 Å². The Morgan fingerprint density at radius 3 is 2.63 bits per heavy atom. The standard InChI is InChI=1S/C14H16N2OS2/c1-8-4-5-11(6-9(8)2)17-7-12-16-10(3)13(19-12)14(15)18/h4-6H,7H2,1-3H3,(H2,15,18). The SMILES string of the molecule is Cc1ccc(OCc2nc(C)c(C(N)=S)s2)cc1C. The number of aryl methyl sites for hydroxylation is 3. The molecule has 0 aliphatic heterocycles. The van der Waals surface area contributed by atoms with Crippen LogP contribution in [0.25, 0.3) is 0 Å². The summed E-state index contributed by atoms with van der Waals surface area (Å²) in [4.78, 5) is 5.68. The van der Waals surface area contributed by atoms with Crippen molar-refractivity contribution in [3.8, 4) is 5.75 Å². The van der Waals surface area contributed by atoms with Crippen LogP contribution in [0.1, 0.15) is 26.7 Å². The van der Waals surface area contributed by atoms with Crippen LogP contribution < -0.4 is 10.5 Å². The molecule has 0 aliphatic carbocycles. The molecule has 2 aromatic rings. The van der Waals surface area contributed by atoms with E-state index in [4.69, 9.17) is 22.7 Å². The molecule has 19 heavy (non-hydrogen) atoms. The summed E-state index contributed by atoms with van der Waals surface area (Å²) in [6, 6.07) is 6.06. The summed E-state index contributed by atoms with van der Waals surface area (Å²) in [5, 5.41) is 0.888. The molecule has 0 radical (unpaired) electrons. The number of hydrogen-bond donors (Lipinski definition) is 1. The fourth-order valence-corrected chi connectivity index (χ4v) is 2.79. The van der Waals surface area contributed by atoms with Crippen LogP contribution >= 0.6 is 23.6 Å². The Morgan fingerprint density at radius 2 is 2.05 bits per heavy atom. The highest BCUT2D eigenvalue weighted by Crippen LogP contribution is 2.21. The van der Waals surface area contributed by atoms with Gasteiger partial charge in [-0.1, -0.05) is 18.3 Å². The summed E-state index contributed by atoms with van der Waals surface area (Å²) < 4.78 is 5.74. The molecule has 0 atom stereocenters. The van der Waals surface area contributed by atoms with Crippen molar-refractivity contribution in [2.24, 2.45) is 5.73 Å². The fraction of sp³-hybridized carbons (Fsp3) is 0.286. The van der Waals surface area contributed by atoms with Crippen molar-refractivity contribution in [2.45, 2.75) is 27.4 Å². The number of benzene rings is 1. The Balaban J connectivity index is 2.08. The van der Waals surface area contributed by atoms with E-state index in [1.165, 1.54) is 22.5 Å². The lowest BCUT2D eigenvalue weighted by Gasteiger charge is -2.06. The first-order chi connectivity index (χ1) is 8.97. The van der Waals surface area contributed by atoms with Gasteiger partial charge in [0.1, 0.15) is 22.4 Å². The third kappa shape index (κ3) is 3.30. The molecule has 5 heteroatoms. The zero-order valence-electron chi connectivity index (χ0n) is 11.2. The summed E-state index contributed by atoms with van der Waals surface area (Å²) in [6.45, 7) is 6.50. The number of thiocarbonyl (C=S) groups is 1. The molecule has 0 fully saturated rings. The fourth-order valence-electron chi connectivity index (χ4n) is 1.69. The highest BCUT2D eigenvalue weighted by Gasteiger charge is 2.10. The van der Waals surface area contributed by atoms with E-state index < -0.39 is 0 Å². The molecule has 3 nitrogen and oxygen atoms in total. The Labute approximate surface area is 122 Å². The van der Waals surface area contributed by atoms with Crippen LogP contribution in [-0.4, -0.2) is 9.97 Å². The molecule has 0 amide bonds. The van der Waals surface area contributed by atoms with Gasteiger partial charge in [0, 0.05) is 0 Å². The van der Waals surface area contributed by atoms with E-state index in [0.717, 1.165) is 21.3 Å². The Kier molecular flexibility index (Phi) is 4.17. The number of thiazole rings is 1. The Hall–Kier alpha value is -1.46. The molecule has 0 bridgehead atoms. The van der Waals surface area contributed by atoms with E-state index in [0.29, 0.717) is 11.6 Å². The molecule has 2 rings (SSSR count). The second-order valence-corrected chi connectivity index (χ2v) is 5.94. The van der Waals surface area contributed by atoms with Crippen LogP contribution in [0.4, 0.5) is 0 Å². The topological polar surface area (TPSA) is 48.1 Å². The van der Waals surface area contributed by atoms with Gasteiger partial charge in [0.05, 0.1) is 10.6 Å². The van der Waals surface area contributed by atoms with Gasteiger partial charge in [-0.15, -0.1) is 11.3 Å². The van der Waals surface area contributed by atoms with Gasteiger partial charge in [-0.25, -0.2) is 4.98 Å². The first-order valence-electron chi connectivity index (χ1n) is 5.93. The molecule has 1 heterocycles. The van der Waals surface area contributed by atoms with Crippen molar-refractivity contribution in [1.82, 2.24) is 4.98 Å². The predicted molar refractivity (Wildman–Crippen MR) is 83.0 cm³/mol. The zero-order valence-corrected chi connectivity index (χ0v) is 12.8. The number of nitrogens with two attached hydrogens (primary N) is 1. The summed E-state index contributed by atoms with van der Waals surface area (Å²) in [5.41, 5.74) is 8.98. The van der Waals surface area contributed by atoms with E-state index in [2.05, 4.69) is 24.9 Å². The van der Waals surface area contributed by atoms with E-state index >= 15 is 0 Å². The highest BCUT2D eigenvalue weighted by molar-refractivity contribution is 7.81. The predicted octanol–water partition coefficient (Wildman–Crippen LogP) is 3.28. The maximum Gasteiger partial charge on any atom is 0.140 e. The second-order valence-electron chi connectivity index (χ2n) is 4.42. The number of aromatic nitrogens is 1. The molecule has 100 valence electrons. The number of rotatable bonds is 4. The molecule has 0 spiro atoms. The lowest BCUT2D eigenvalue weighted by atomic mass is 10.1. The van der Waals surface area contributed by atoms with Gasteiger partial charge in [0.2, 0.25) is 0 Å². The van der Waals surface area contributed by atoms with Gasteiger partial charge in [0.25, 0.3) is 0 Å². The first kappa shape index (κ1) is 14.0. The average molecular weight is 292 g/mol. The Morgan fingerprint density at radius 1 is 1.32 bits per heavy atom. The van der Waals surface area contributed by atoms with Crippen molar-refractivity contribution in [2.75, 3.05) is 0 Å². The van der Waals surface area contributed by atoms with Crippen LogP contribution in [0.15, 0.2) is 18.2 Å². The monoisotopic (exact) mass is 292 g/mol. The van der Waals surface area contributed by atoms with Crippen LogP contribution in [0, 0.1) is 20.8 Å². The lowest BCUT2D eigenvalue weighted by molar-refractivity contribution is 0.305. The zero-order chi connectivity index (χ0) is 14.0. The van der Waals surface area contributed by atoms with Crippen molar-refractivity contribution < 1.29 is 4.74 Å². The van der Waals surface area contributed by atoms with Crippen molar-refractivity contribution in [1.29, 1.82) is 0 Å². The minimum absolute atomic E-state index is 0.396. The molecule has 2 N–H and O–H groups in total. The molecule has 0 saturated carbocycles. The lowest BCUT2D eigenvalue weighted by Crippen LogP contribution is -2.08. The smallest absolute Gasteiger partial charge is 0.140 e. The molecular weight excluding hydrogens is 276 g/mol. The third-order valence-corrected chi connectivity index (χ3v) is 4.40. The second kappa shape index (κ2) is 5.67. The van der Waals surface area contributed by atoms with E-state index in [9.17, 15) is 0 Å². The van der Waals surface area contributed by atoms with Gasteiger partial charge in [-0.2, -0.15) is 0 Å². The summed E-state index contributed by atoms with van der Waals surface area (Å²) in [7, 11) is 0. The molecule has 0 saturated heterocycles. The summed E-state index contributed by atoms with van der Waals surface area (Å²) >= 11 is 6.47. The molecule has 1 aromatic heterocycles. The molecular formula is C14H16N2OS2. The maximum absolute atomic E-state index is 5.74. The number of ether oxygens (including phenoxy) is 1.